The molecule has 0 aliphatic rings. The van der Waals surface area contributed by atoms with E-state index in [1.807, 2.05) is 24.1 Å². The Hall–Kier alpha value is -0.770. The van der Waals surface area contributed by atoms with Gasteiger partial charge in [-0.05, 0) is 30.8 Å². The molecule has 0 unspecified atom stereocenters. The predicted octanol–water partition coefficient (Wildman–Crippen LogP) is 2.17. The maximum Gasteiger partial charge on any atom is 0.233 e. The first-order chi connectivity index (χ1) is 7.51. The zero-order valence-electron chi connectivity index (χ0n) is 9.26. The van der Waals surface area contributed by atoms with Gasteiger partial charge in [0.15, 0.2) is 0 Å². The van der Waals surface area contributed by atoms with Gasteiger partial charge >= 0.3 is 0 Å². The maximum atomic E-state index is 11.1. The van der Waals surface area contributed by atoms with Gasteiger partial charge in [-0.3, -0.25) is 9.69 Å². The average Bonchev–Trinajstić information content (AvgIpc) is 2.15. The van der Waals surface area contributed by atoms with Crippen molar-refractivity contribution < 1.29 is 4.79 Å². The number of hydrogen-bond donors (Lipinski definition) is 1. The van der Waals surface area contributed by atoms with Crippen LogP contribution in [0.3, 0.4) is 0 Å². The highest BCUT2D eigenvalue weighted by Crippen LogP contribution is 2.19. The summed E-state index contributed by atoms with van der Waals surface area (Å²) in [4.78, 5) is 13.0. The third kappa shape index (κ3) is 4.39. The number of halogens is 2. The Bertz CT molecular complexity index is 362. The molecule has 0 radical (unpaired) electrons. The molecule has 0 spiro atoms. The second-order valence-corrected chi connectivity index (χ2v) is 4.50. The zero-order chi connectivity index (χ0) is 12.1. The molecular formula is C11H14Cl2N2O. The molecule has 0 saturated heterocycles. The van der Waals surface area contributed by atoms with Crippen LogP contribution in [0.2, 0.25) is 10.0 Å². The summed E-state index contributed by atoms with van der Waals surface area (Å²) in [5.74, 6) is -0.0179. The Morgan fingerprint density at radius 3 is 2.38 bits per heavy atom. The van der Waals surface area contributed by atoms with Crippen molar-refractivity contribution >= 4 is 29.1 Å². The van der Waals surface area contributed by atoms with E-state index < -0.39 is 0 Å². The number of carbonyl (C=O) groups is 1. The first-order valence-electron chi connectivity index (χ1n) is 4.85. The Balaban J connectivity index is 2.62. The Morgan fingerprint density at radius 2 is 1.88 bits per heavy atom. The summed E-state index contributed by atoms with van der Waals surface area (Å²) in [7, 11) is 3.48. The molecular weight excluding hydrogens is 247 g/mol. The minimum Gasteiger partial charge on any atom is -0.358 e. The summed E-state index contributed by atoms with van der Waals surface area (Å²) in [6, 6.07) is 5.37. The van der Waals surface area contributed by atoms with Crippen LogP contribution in [-0.2, 0) is 11.3 Å². The molecule has 16 heavy (non-hydrogen) atoms. The molecule has 0 heterocycles. The molecule has 1 aromatic carbocycles. The van der Waals surface area contributed by atoms with Gasteiger partial charge in [0.1, 0.15) is 0 Å². The summed E-state index contributed by atoms with van der Waals surface area (Å²) in [5, 5.41) is 3.79. The number of nitrogens with zero attached hydrogens (tertiary/aromatic N) is 1. The molecule has 0 fully saturated rings. The van der Waals surface area contributed by atoms with Crippen molar-refractivity contribution in [1.29, 1.82) is 0 Å². The van der Waals surface area contributed by atoms with Gasteiger partial charge in [0.2, 0.25) is 5.91 Å². The van der Waals surface area contributed by atoms with Crippen molar-refractivity contribution in [2.45, 2.75) is 6.54 Å². The van der Waals surface area contributed by atoms with Gasteiger partial charge in [-0.1, -0.05) is 23.2 Å². The summed E-state index contributed by atoms with van der Waals surface area (Å²) < 4.78 is 0. The van der Waals surface area contributed by atoms with Crippen molar-refractivity contribution in [3.05, 3.63) is 33.8 Å². The van der Waals surface area contributed by atoms with Gasteiger partial charge in [0.25, 0.3) is 0 Å². The SMILES string of the molecule is CNC(=O)CN(C)Cc1cc(Cl)cc(Cl)c1. The van der Waals surface area contributed by atoms with Gasteiger partial charge < -0.3 is 5.32 Å². The first kappa shape index (κ1) is 13.3. The normalized spacial score (nSPS) is 10.6. The molecule has 0 aliphatic carbocycles. The summed E-state index contributed by atoms with van der Waals surface area (Å²) >= 11 is 11.8. The molecule has 3 nitrogen and oxygen atoms in total. The minimum atomic E-state index is -0.0179. The van der Waals surface area contributed by atoms with Crippen molar-refractivity contribution in [3.8, 4) is 0 Å². The highest BCUT2D eigenvalue weighted by atomic mass is 35.5. The highest BCUT2D eigenvalue weighted by Gasteiger charge is 2.06. The number of nitrogens with one attached hydrogen (secondary N) is 1. The van der Waals surface area contributed by atoms with Gasteiger partial charge in [0.05, 0.1) is 6.54 Å². The van der Waals surface area contributed by atoms with Crippen molar-refractivity contribution in [1.82, 2.24) is 10.2 Å². The van der Waals surface area contributed by atoms with Crippen molar-refractivity contribution in [3.63, 3.8) is 0 Å². The summed E-state index contributed by atoms with van der Waals surface area (Å²) in [5.41, 5.74) is 0.990. The number of benzene rings is 1. The number of amides is 1. The fraction of sp³-hybridized carbons (Fsp3) is 0.364. The van der Waals surface area contributed by atoms with Crippen LogP contribution in [0.1, 0.15) is 5.56 Å². The van der Waals surface area contributed by atoms with E-state index in [0.717, 1.165) is 5.56 Å². The van der Waals surface area contributed by atoms with Crippen LogP contribution >= 0.6 is 23.2 Å². The van der Waals surface area contributed by atoms with E-state index in [-0.39, 0.29) is 5.91 Å². The third-order valence-electron chi connectivity index (χ3n) is 2.07. The van der Waals surface area contributed by atoms with Crippen LogP contribution in [0.25, 0.3) is 0 Å². The molecule has 1 aromatic rings. The van der Waals surface area contributed by atoms with Crippen LogP contribution in [-0.4, -0.2) is 31.4 Å². The highest BCUT2D eigenvalue weighted by molar-refractivity contribution is 6.34. The zero-order valence-corrected chi connectivity index (χ0v) is 10.8. The van der Waals surface area contributed by atoms with Crippen LogP contribution in [0.4, 0.5) is 0 Å². The monoisotopic (exact) mass is 260 g/mol. The number of carbonyl (C=O) groups excluding carboxylic acids is 1. The van der Waals surface area contributed by atoms with Gasteiger partial charge in [0, 0.05) is 23.6 Å². The number of rotatable bonds is 4. The van der Waals surface area contributed by atoms with Gasteiger partial charge in [-0.2, -0.15) is 0 Å². The molecule has 5 heteroatoms. The quantitative estimate of drug-likeness (QED) is 0.900. The van der Waals surface area contributed by atoms with E-state index in [2.05, 4.69) is 5.32 Å². The van der Waals surface area contributed by atoms with Crippen LogP contribution < -0.4 is 5.32 Å². The fourth-order valence-corrected chi connectivity index (χ4v) is 1.97. The molecule has 1 amide bonds. The standard InChI is InChI=1S/C11H14Cl2N2O/c1-14-11(16)7-15(2)6-8-3-9(12)5-10(13)4-8/h3-5H,6-7H2,1-2H3,(H,14,16). The van der Waals surface area contributed by atoms with E-state index in [1.165, 1.54) is 0 Å². The molecule has 0 saturated carbocycles. The van der Waals surface area contributed by atoms with Crippen LogP contribution in [0.5, 0.6) is 0 Å². The molecule has 1 rings (SSSR count). The summed E-state index contributed by atoms with van der Waals surface area (Å²) in [6.45, 7) is 0.980. The average molecular weight is 261 g/mol. The molecule has 88 valence electrons. The fourth-order valence-electron chi connectivity index (χ4n) is 1.39. The molecule has 0 atom stereocenters. The minimum absolute atomic E-state index is 0.0179. The Kier molecular flexibility index (Phi) is 5.06. The van der Waals surface area contributed by atoms with E-state index >= 15 is 0 Å². The number of likely N-dealkylation sites (N-methyl/N-ethyl adjacent to an activating group) is 2. The largest absolute Gasteiger partial charge is 0.358 e. The first-order valence-corrected chi connectivity index (χ1v) is 5.61. The number of hydrogen-bond acceptors (Lipinski definition) is 2. The third-order valence-corrected chi connectivity index (χ3v) is 2.50. The summed E-state index contributed by atoms with van der Waals surface area (Å²) in [6.07, 6.45) is 0. The van der Waals surface area contributed by atoms with E-state index in [0.29, 0.717) is 23.1 Å². The van der Waals surface area contributed by atoms with Crippen molar-refractivity contribution in [2.75, 3.05) is 20.6 Å². The van der Waals surface area contributed by atoms with Crippen LogP contribution in [0, 0.1) is 0 Å². The van der Waals surface area contributed by atoms with E-state index in [1.54, 1.807) is 13.1 Å². The molecule has 0 aliphatic heterocycles. The van der Waals surface area contributed by atoms with E-state index in [9.17, 15) is 4.79 Å². The van der Waals surface area contributed by atoms with Gasteiger partial charge in [-0.25, -0.2) is 0 Å². The Morgan fingerprint density at radius 1 is 1.31 bits per heavy atom. The molecule has 0 aromatic heterocycles. The lowest BCUT2D eigenvalue weighted by atomic mass is 10.2. The topological polar surface area (TPSA) is 32.3 Å². The predicted molar refractivity (Wildman–Crippen MR) is 66.9 cm³/mol. The second kappa shape index (κ2) is 6.09. The van der Waals surface area contributed by atoms with Crippen molar-refractivity contribution in [2.24, 2.45) is 0 Å². The molecule has 0 bridgehead atoms. The van der Waals surface area contributed by atoms with E-state index in [4.69, 9.17) is 23.2 Å². The maximum absolute atomic E-state index is 11.1. The smallest absolute Gasteiger partial charge is 0.233 e. The molecule has 1 N–H and O–H groups in total. The lowest BCUT2D eigenvalue weighted by molar-refractivity contribution is -0.121. The second-order valence-electron chi connectivity index (χ2n) is 3.62. The lowest BCUT2D eigenvalue weighted by Crippen LogP contribution is -2.32. The Labute approximate surface area is 105 Å². The van der Waals surface area contributed by atoms with Crippen LogP contribution in [0.15, 0.2) is 18.2 Å². The lowest BCUT2D eigenvalue weighted by Gasteiger charge is -2.15. The van der Waals surface area contributed by atoms with Gasteiger partial charge in [-0.15, -0.1) is 0 Å².